The van der Waals surface area contributed by atoms with Crippen LogP contribution in [-0.4, -0.2) is 33.0 Å². The second kappa shape index (κ2) is 10.1. The number of methoxy groups -OCH3 is 1. The molecule has 0 bridgehead atoms. The van der Waals surface area contributed by atoms with E-state index in [1.165, 1.54) is 17.8 Å². The number of hydrogen-bond donors (Lipinski definition) is 1. The van der Waals surface area contributed by atoms with Crippen molar-refractivity contribution in [1.82, 2.24) is 20.1 Å². The molecule has 0 radical (unpaired) electrons. The van der Waals surface area contributed by atoms with Crippen molar-refractivity contribution in [3.8, 4) is 17.1 Å². The summed E-state index contributed by atoms with van der Waals surface area (Å²) in [4.78, 5) is 12.6. The summed E-state index contributed by atoms with van der Waals surface area (Å²) in [7, 11) is 1.60. The van der Waals surface area contributed by atoms with Gasteiger partial charge in [-0.15, -0.1) is 16.8 Å². The number of ether oxygens (including phenoxy) is 1. The molecule has 0 spiro atoms. The van der Waals surface area contributed by atoms with Gasteiger partial charge in [0.2, 0.25) is 5.91 Å². The molecule has 0 aliphatic rings. The van der Waals surface area contributed by atoms with Gasteiger partial charge in [-0.1, -0.05) is 48.2 Å². The van der Waals surface area contributed by atoms with Gasteiger partial charge in [-0.05, 0) is 25.1 Å². The number of para-hydroxylation sites is 1. The highest BCUT2D eigenvalue weighted by Crippen LogP contribution is 2.28. The molecule has 1 heterocycles. The lowest BCUT2D eigenvalue weighted by molar-refractivity contribution is -0.120. The Bertz CT molecular complexity index is 1040. The number of nitrogens with one attached hydrogen (secondary N) is 1. The van der Waals surface area contributed by atoms with Gasteiger partial charge < -0.3 is 10.1 Å². The van der Waals surface area contributed by atoms with Crippen LogP contribution in [0.2, 0.25) is 0 Å². The Balaban J connectivity index is 1.73. The largest absolute Gasteiger partial charge is 0.496 e. The van der Waals surface area contributed by atoms with Crippen LogP contribution >= 0.6 is 11.8 Å². The van der Waals surface area contributed by atoms with Crippen LogP contribution in [0.3, 0.4) is 0 Å². The number of nitrogens with zero attached hydrogens (tertiary/aromatic N) is 3. The number of benzene rings is 2. The zero-order valence-electron chi connectivity index (χ0n) is 16.8. The number of carbonyl (C=O) groups is 1. The van der Waals surface area contributed by atoms with Crippen molar-refractivity contribution in [2.24, 2.45) is 0 Å². The van der Waals surface area contributed by atoms with Crippen LogP contribution in [0.4, 0.5) is 4.39 Å². The molecular formula is C22H23FN4O2S. The zero-order valence-corrected chi connectivity index (χ0v) is 17.7. The molecule has 0 saturated carbocycles. The molecule has 0 fully saturated rings. The van der Waals surface area contributed by atoms with Gasteiger partial charge in [0.25, 0.3) is 0 Å². The highest BCUT2D eigenvalue weighted by molar-refractivity contribution is 8.00. The van der Waals surface area contributed by atoms with E-state index < -0.39 is 5.25 Å². The monoisotopic (exact) mass is 426 g/mol. The van der Waals surface area contributed by atoms with E-state index in [0.29, 0.717) is 29.6 Å². The van der Waals surface area contributed by atoms with Crippen LogP contribution in [0.5, 0.6) is 5.75 Å². The summed E-state index contributed by atoms with van der Waals surface area (Å²) in [5.41, 5.74) is 1.24. The standard InChI is InChI=1S/C22H23FN4O2S/c1-4-13-27-20(17-10-6-7-11-18(17)23)25-26-22(27)30-15(2)21(28)24-14-16-9-5-8-12-19(16)29-3/h4-12,15H,1,13-14H2,2-3H3,(H,24,28). The van der Waals surface area contributed by atoms with Crippen molar-refractivity contribution >= 4 is 17.7 Å². The molecule has 0 saturated heterocycles. The minimum Gasteiger partial charge on any atom is -0.496 e. The molecule has 1 atom stereocenters. The van der Waals surface area contributed by atoms with Crippen molar-refractivity contribution < 1.29 is 13.9 Å². The van der Waals surface area contributed by atoms with Gasteiger partial charge in [-0.25, -0.2) is 4.39 Å². The fraction of sp³-hybridized carbons (Fsp3) is 0.227. The van der Waals surface area contributed by atoms with Crippen molar-refractivity contribution in [1.29, 1.82) is 0 Å². The number of amides is 1. The smallest absolute Gasteiger partial charge is 0.233 e. The molecule has 1 aromatic heterocycles. The van der Waals surface area contributed by atoms with Gasteiger partial charge in [0.1, 0.15) is 11.6 Å². The lowest BCUT2D eigenvalue weighted by atomic mass is 10.2. The minimum absolute atomic E-state index is 0.147. The maximum absolute atomic E-state index is 14.2. The van der Waals surface area contributed by atoms with Crippen molar-refractivity contribution in [2.75, 3.05) is 7.11 Å². The summed E-state index contributed by atoms with van der Waals surface area (Å²) in [6.07, 6.45) is 1.68. The molecule has 1 N–H and O–H groups in total. The molecule has 1 unspecified atom stereocenters. The average Bonchev–Trinajstić information content (AvgIpc) is 3.14. The number of allylic oxidation sites excluding steroid dienone is 1. The molecule has 1 amide bonds. The number of thioether (sulfide) groups is 1. The van der Waals surface area contributed by atoms with E-state index in [0.717, 1.165) is 11.3 Å². The SMILES string of the molecule is C=CCn1c(SC(C)C(=O)NCc2ccccc2OC)nnc1-c1ccccc1F. The number of aromatic nitrogens is 3. The highest BCUT2D eigenvalue weighted by Gasteiger charge is 2.21. The molecule has 6 nitrogen and oxygen atoms in total. The molecular weight excluding hydrogens is 403 g/mol. The van der Waals surface area contributed by atoms with Gasteiger partial charge >= 0.3 is 0 Å². The fourth-order valence-corrected chi connectivity index (χ4v) is 3.78. The van der Waals surface area contributed by atoms with Crippen molar-refractivity contribution in [3.63, 3.8) is 0 Å². The molecule has 2 aromatic carbocycles. The number of rotatable bonds is 9. The topological polar surface area (TPSA) is 69.0 Å². The summed E-state index contributed by atoms with van der Waals surface area (Å²) in [6.45, 7) is 6.30. The minimum atomic E-state index is -0.430. The van der Waals surface area contributed by atoms with Crippen molar-refractivity contribution in [2.45, 2.75) is 30.4 Å². The molecule has 0 aliphatic heterocycles. The summed E-state index contributed by atoms with van der Waals surface area (Å²) < 4.78 is 21.3. The third-order valence-electron chi connectivity index (χ3n) is 4.44. The van der Waals surface area contributed by atoms with E-state index in [-0.39, 0.29) is 11.7 Å². The predicted octanol–water partition coefficient (Wildman–Crippen LogP) is 4.08. The first-order valence-electron chi connectivity index (χ1n) is 9.40. The molecule has 3 aromatic rings. The maximum Gasteiger partial charge on any atom is 0.233 e. The van der Waals surface area contributed by atoms with Crippen LogP contribution in [0, 0.1) is 5.82 Å². The van der Waals surface area contributed by atoms with Crippen LogP contribution in [-0.2, 0) is 17.9 Å². The Hall–Kier alpha value is -3.13. The molecule has 3 rings (SSSR count). The Morgan fingerprint density at radius 1 is 1.27 bits per heavy atom. The lowest BCUT2D eigenvalue weighted by Gasteiger charge is -2.14. The summed E-state index contributed by atoms with van der Waals surface area (Å²) >= 11 is 1.26. The number of carbonyl (C=O) groups excluding carboxylic acids is 1. The van der Waals surface area contributed by atoms with E-state index in [9.17, 15) is 9.18 Å². The Morgan fingerprint density at radius 2 is 2.00 bits per heavy atom. The first-order chi connectivity index (χ1) is 14.5. The third kappa shape index (κ3) is 4.88. The Kier molecular flexibility index (Phi) is 7.24. The van der Waals surface area contributed by atoms with Crippen LogP contribution in [0.25, 0.3) is 11.4 Å². The van der Waals surface area contributed by atoms with Gasteiger partial charge in [0, 0.05) is 18.7 Å². The summed E-state index contributed by atoms with van der Waals surface area (Å²) in [5.74, 6) is 0.594. The average molecular weight is 427 g/mol. The Morgan fingerprint density at radius 3 is 2.73 bits per heavy atom. The molecule has 8 heteroatoms. The molecule has 0 aliphatic carbocycles. The third-order valence-corrected chi connectivity index (χ3v) is 5.52. The molecule has 30 heavy (non-hydrogen) atoms. The first kappa shape index (κ1) is 21.6. The van der Waals surface area contributed by atoms with E-state index >= 15 is 0 Å². The van der Waals surface area contributed by atoms with E-state index in [2.05, 4.69) is 22.1 Å². The highest BCUT2D eigenvalue weighted by atomic mass is 32.2. The van der Waals surface area contributed by atoms with Gasteiger partial charge in [0.05, 0.1) is 17.9 Å². The quantitative estimate of drug-likeness (QED) is 0.413. The normalized spacial score (nSPS) is 11.7. The molecule has 156 valence electrons. The van der Waals surface area contributed by atoms with E-state index in [1.807, 2.05) is 24.3 Å². The van der Waals surface area contributed by atoms with Crippen LogP contribution in [0.15, 0.2) is 66.3 Å². The number of halogens is 1. The summed E-state index contributed by atoms with van der Waals surface area (Å²) in [6, 6.07) is 13.9. The first-order valence-corrected chi connectivity index (χ1v) is 10.3. The van der Waals surface area contributed by atoms with Gasteiger partial charge in [-0.3, -0.25) is 9.36 Å². The van der Waals surface area contributed by atoms with Crippen LogP contribution < -0.4 is 10.1 Å². The second-order valence-electron chi connectivity index (χ2n) is 6.48. The predicted molar refractivity (Wildman–Crippen MR) is 116 cm³/mol. The fourth-order valence-electron chi connectivity index (χ4n) is 2.90. The van der Waals surface area contributed by atoms with Crippen molar-refractivity contribution in [3.05, 3.63) is 72.6 Å². The van der Waals surface area contributed by atoms with E-state index in [1.54, 1.807) is 42.9 Å². The van der Waals surface area contributed by atoms with E-state index in [4.69, 9.17) is 4.74 Å². The second-order valence-corrected chi connectivity index (χ2v) is 7.78. The summed E-state index contributed by atoms with van der Waals surface area (Å²) in [5, 5.41) is 11.3. The Labute approximate surface area is 179 Å². The zero-order chi connectivity index (χ0) is 21.5. The maximum atomic E-state index is 14.2. The lowest BCUT2D eigenvalue weighted by Crippen LogP contribution is -2.30. The van der Waals surface area contributed by atoms with Gasteiger partial charge in [-0.2, -0.15) is 0 Å². The van der Waals surface area contributed by atoms with Gasteiger partial charge in [0.15, 0.2) is 11.0 Å². The van der Waals surface area contributed by atoms with Crippen LogP contribution in [0.1, 0.15) is 12.5 Å². The number of hydrogen-bond acceptors (Lipinski definition) is 5.